The number of hydrogen-bond acceptors (Lipinski definition) is 2. The fraction of sp³-hybridized carbons (Fsp3) is 1.00. The number of hydrogen-bond donors (Lipinski definition) is 2. The molecule has 0 aliphatic rings. The highest BCUT2D eigenvalue weighted by Crippen LogP contribution is 2.18. The van der Waals surface area contributed by atoms with E-state index in [1.54, 1.807) is 0 Å². The Morgan fingerprint density at radius 1 is 1.27 bits per heavy atom. The molecule has 0 saturated carbocycles. The van der Waals surface area contributed by atoms with Crippen LogP contribution in [0.15, 0.2) is 0 Å². The molecule has 0 aromatic heterocycles. The predicted molar refractivity (Wildman–Crippen MR) is 67.0 cm³/mol. The molecule has 0 rings (SSSR count). The molecule has 0 saturated heterocycles. The highest BCUT2D eigenvalue weighted by Gasteiger charge is 2.26. The first-order valence-corrected chi connectivity index (χ1v) is 6.37. The quantitative estimate of drug-likeness (QED) is 0.652. The Balaban J connectivity index is 3.74. The summed E-state index contributed by atoms with van der Waals surface area (Å²) in [6.07, 6.45) is 3.53. The molecule has 2 N–H and O–H groups in total. The van der Waals surface area contributed by atoms with Crippen LogP contribution < -0.4 is 5.32 Å². The Morgan fingerprint density at radius 3 is 2.33 bits per heavy atom. The van der Waals surface area contributed by atoms with Gasteiger partial charge in [0.2, 0.25) is 0 Å². The molecule has 3 atom stereocenters. The minimum Gasteiger partial charge on any atom is -0.389 e. The Morgan fingerprint density at radius 2 is 1.87 bits per heavy atom. The van der Waals surface area contributed by atoms with E-state index < -0.39 is 5.60 Å². The molecule has 0 aromatic carbocycles. The van der Waals surface area contributed by atoms with Crippen LogP contribution in [0.2, 0.25) is 0 Å². The van der Waals surface area contributed by atoms with Crippen molar-refractivity contribution >= 4 is 0 Å². The van der Waals surface area contributed by atoms with Crippen molar-refractivity contribution in [1.82, 2.24) is 5.32 Å². The van der Waals surface area contributed by atoms with Crippen LogP contribution in [-0.4, -0.2) is 23.8 Å². The van der Waals surface area contributed by atoms with Gasteiger partial charge in [0, 0.05) is 6.54 Å². The molecule has 2 heteroatoms. The zero-order valence-electron chi connectivity index (χ0n) is 11.1. The monoisotopic (exact) mass is 215 g/mol. The maximum absolute atomic E-state index is 10.2. The van der Waals surface area contributed by atoms with Crippen LogP contribution in [0.3, 0.4) is 0 Å². The van der Waals surface area contributed by atoms with Crippen molar-refractivity contribution in [3.63, 3.8) is 0 Å². The van der Waals surface area contributed by atoms with E-state index in [0.717, 1.165) is 13.0 Å². The molecule has 0 aliphatic carbocycles. The first-order valence-electron chi connectivity index (χ1n) is 6.37. The van der Waals surface area contributed by atoms with E-state index in [4.69, 9.17) is 0 Å². The second-order valence-electron chi connectivity index (χ2n) is 5.19. The first-order chi connectivity index (χ1) is 6.94. The molecule has 15 heavy (non-hydrogen) atoms. The highest BCUT2D eigenvalue weighted by molar-refractivity contribution is 4.80. The minimum atomic E-state index is -0.569. The second kappa shape index (κ2) is 7.24. The van der Waals surface area contributed by atoms with Gasteiger partial charge in [-0.2, -0.15) is 0 Å². The van der Waals surface area contributed by atoms with Crippen LogP contribution in [-0.2, 0) is 0 Å². The van der Waals surface area contributed by atoms with Gasteiger partial charge in [-0.25, -0.2) is 0 Å². The molecule has 92 valence electrons. The summed E-state index contributed by atoms with van der Waals surface area (Å²) in [4.78, 5) is 0. The summed E-state index contributed by atoms with van der Waals surface area (Å²) < 4.78 is 0. The standard InChI is InChI=1S/C13H29NO/c1-6-8-11(3)9-14-10-13(5,15)12(4)7-2/h11-12,14-15H,6-10H2,1-5H3. The van der Waals surface area contributed by atoms with E-state index in [0.29, 0.717) is 18.4 Å². The van der Waals surface area contributed by atoms with E-state index in [-0.39, 0.29) is 0 Å². The van der Waals surface area contributed by atoms with Crippen LogP contribution in [0, 0.1) is 11.8 Å². The molecule has 0 aliphatic heterocycles. The molecule has 0 radical (unpaired) electrons. The Kier molecular flexibility index (Phi) is 7.20. The van der Waals surface area contributed by atoms with Crippen LogP contribution in [0.1, 0.15) is 53.9 Å². The van der Waals surface area contributed by atoms with Gasteiger partial charge in [0.25, 0.3) is 0 Å². The summed E-state index contributed by atoms with van der Waals surface area (Å²) in [5.74, 6) is 1.06. The van der Waals surface area contributed by atoms with Crippen LogP contribution >= 0.6 is 0 Å². The summed E-state index contributed by atoms with van der Waals surface area (Å²) >= 11 is 0. The lowest BCUT2D eigenvalue weighted by Crippen LogP contribution is -2.44. The van der Waals surface area contributed by atoms with E-state index in [1.165, 1.54) is 12.8 Å². The molecule has 3 unspecified atom stereocenters. The summed E-state index contributed by atoms with van der Waals surface area (Å²) in [6, 6.07) is 0. The molecule has 0 heterocycles. The van der Waals surface area contributed by atoms with E-state index >= 15 is 0 Å². The number of aliphatic hydroxyl groups is 1. The molecular weight excluding hydrogens is 186 g/mol. The van der Waals surface area contributed by atoms with Gasteiger partial charge >= 0.3 is 0 Å². The van der Waals surface area contributed by atoms with Gasteiger partial charge in [-0.1, -0.05) is 40.5 Å². The largest absolute Gasteiger partial charge is 0.389 e. The Hall–Kier alpha value is -0.0800. The molecule has 0 amide bonds. The first kappa shape index (κ1) is 14.9. The van der Waals surface area contributed by atoms with Crippen LogP contribution in [0.25, 0.3) is 0 Å². The summed E-state index contributed by atoms with van der Waals surface area (Å²) in [5.41, 5.74) is -0.569. The lowest BCUT2D eigenvalue weighted by molar-refractivity contribution is 0.00507. The molecule has 2 nitrogen and oxygen atoms in total. The Labute approximate surface area is 95.5 Å². The average molecular weight is 215 g/mol. The van der Waals surface area contributed by atoms with E-state index in [9.17, 15) is 5.11 Å². The van der Waals surface area contributed by atoms with Gasteiger partial charge < -0.3 is 10.4 Å². The molecule has 0 spiro atoms. The van der Waals surface area contributed by atoms with E-state index in [1.807, 2.05) is 6.92 Å². The summed E-state index contributed by atoms with van der Waals surface area (Å²) in [5, 5.41) is 13.5. The third kappa shape index (κ3) is 6.16. The second-order valence-corrected chi connectivity index (χ2v) is 5.19. The van der Waals surface area contributed by atoms with Gasteiger partial charge in [0.15, 0.2) is 0 Å². The van der Waals surface area contributed by atoms with E-state index in [2.05, 4.69) is 33.0 Å². The van der Waals surface area contributed by atoms with Crippen molar-refractivity contribution in [2.45, 2.75) is 59.5 Å². The van der Waals surface area contributed by atoms with Gasteiger partial charge in [0.05, 0.1) is 5.60 Å². The van der Waals surface area contributed by atoms with Crippen molar-refractivity contribution in [3.05, 3.63) is 0 Å². The highest BCUT2D eigenvalue weighted by atomic mass is 16.3. The molecule has 0 aromatic rings. The van der Waals surface area contributed by atoms with Crippen LogP contribution in [0.4, 0.5) is 0 Å². The van der Waals surface area contributed by atoms with Crippen molar-refractivity contribution in [3.8, 4) is 0 Å². The smallest absolute Gasteiger partial charge is 0.0768 e. The fourth-order valence-corrected chi connectivity index (χ4v) is 1.78. The van der Waals surface area contributed by atoms with Gasteiger partial charge in [-0.05, 0) is 31.7 Å². The maximum atomic E-state index is 10.2. The van der Waals surface area contributed by atoms with Crippen LogP contribution in [0.5, 0.6) is 0 Å². The normalized spacial score (nSPS) is 19.6. The molecular formula is C13H29NO. The van der Waals surface area contributed by atoms with Crippen molar-refractivity contribution in [2.75, 3.05) is 13.1 Å². The zero-order valence-corrected chi connectivity index (χ0v) is 11.1. The molecule has 0 bridgehead atoms. The summed E-state index contributed by atoms with van der Waals surface area (Å²) in [7, 11) is 0. The van der Waals surface area contributed by atoms with Gasteiger partial charge in [0.1, 0.15) is 0 Å². The van der Waals surface area contributed by atoms with Gasteiger partial charge in [-0.15, -0.1) is 0 Å². The third-order valence-electron chi connectivity index (χ3n) is 3.43. The van der Waals surface area contributed by atoms with Crippen molar-refractivity contribution in [2.24, 2.45) is 11.8 Å². The predicted octanol–water partition coefficient (Wildman–Crippen LogP) is 2.81. The van der Waals surface area contributed by atoms with Gasteiger partial charge in [-0.3, -0.25) is 0 Å². The minimum absolute atomic E-state index is 0.353. The summed E-state index contributed by atoms with van der Waals surface area (Å²) in [6.45, 7) is 12.4. The van der Waals surface area contributed by atoms with Crippen molar-refractivity contribution in [1.29, 1.82) is 0 Å². The van der Waals surface area contributed by atoms with Crippen molar-refractivity contribution < 1.29 is 5.11 Å². The zero-order chi connectivity index (χ0) is 11.9. The number of nitrogens with one attached hydrogen (secondary N) is 1. The third-order valence-corrected chi connectivity index (χ3v) is 3.43. The molecule has 0 fully saturated rings. The number of rotatable bonds is 8. The average Bonchev–Trinajstić information content (AvgIpc) is 2.16. The fourth-order valence-electron chi connectivity index (χ4n) is 1.78. The topological polar surface area (TPSA) is 32.3 Å². The lowest BCUT2D eigenvalue weighted by atomic mass is 9.88. The SMILES string of the molecule is CCCC(C)CNCC(C)(O)C(C)CC. The Bertz CT molecular complexity index is 157. The maximum Gasteiger partial charge on any atom is 0.0768 e. The lowest BCUT2D eigenvalue weighted by Gasteiger charge is -2.30.